The van der Waals surface area contributed by atoms with E-state index in [1.807, 2.05) is 0 Å². The Labute approximate surface area is 110 Å². The van der Waals surface area contributed by atoms with Crippen LogP contribution in [0.15, 0.2) is 42.5 Å². The van der Waals surface area contributed by atoms with Crippen LogP contribution < -0.4 is 0 Å². The van der Waals surface area contributed by atoms with Gasteiger partial charge in [0.15, 0.2) is 17.4 Å². The van der Waals surface area contributed by atoms with Gasteiger partial charge >= 0.3 is 6.18 Å². The first kappa shape index (κ1) is 14.2. The van der Waals surface area contributed by atoms with Crippen LogP contribution in [0.2, 0.25) is 0 Å². The lowest BCUT2D eigenvalue weighted by atomic mass is 10.0. The predicted molar refractivity (Wildman–Crippen MR) is 61.2 cm³/mol. The van der Waals surface area contributed by atoms with E-state index in [1.165, 1.54) is 6.07 Å². The summed E-state index contributed by atoms with van der Waals surface area (Å²) in [4.78, 5) is 11.9. The molecule has 0 aliphatic rings. The largest absolute Gasteiger partial charge is 0.416 e. The van der Waals surface area contributed by atoms with Crippen molar-refractivity contribution in [3.8, 4) is 0 Å². The Balaban J connectivity index is 2.41. The van der Waals surface area contributed by atoms with E-state index in [-0.39, 0.29) is 11.1 Å². The van der Waals surface area contributed by atoms with Gasteiger partial charge in [0, 0.05) is 11.1 Å². The van der Waals surface area contributed by atoms with E-state index in [0.717, 1.165) is 24.3 Å². The molecule has 0 saturated heterocycles. The van der Waals surface area contributed by atoms with Crippen molar-refractivity contribution >= 4 is 5.78 Å². The van der Waals surface area contributed by atoms with Gasteiger partial charge in [-0.2, -0.15) is 13.2 Å². The molecule has 0 aliphatic heterocycles. The van der Waals surface area contributed by atoms with Crippen LogP contribution in [-0.4, -0.2) is 5.78 Å². The highest BCUT2D eigenvalue weighted by molar-refractivity contribution is 6.09. The molecule has 0 amide bonds. The minimum Gasteiger partial charge on any atom is -0.289 e. The number of benzene rings is 2. The van der Waals surface area contributed by atoms with Gasteiger partial charge in [-0.05, 0) is 30.3 Å². The number of alkyl halides is 3. The molecule has 20 heavy (non-hydrogen) atoms. The molecular weight excluding hydrogens is 279 g/mol. The fourth-order valence-corrected chi connectivity index (χ4v) is 1.64. The zero-order chi connectivity index (χ0) is 14.9. The molecule has 0 saturated carbocycles. The average Bonchev–Trinajstić information content (AvgIpc) is 2.40. The standard InChI is InChI=1S/C14H7F5O/c15-11-5-4-9(7-12(11)16)13(20)8-2-1-3-10(6-8)14(17,18)19/h1-7H. The smallest absolute Gasteiger partial charge is 0.289 e. The van der Waals surface area contributed by atoms with Gasteiger partial charge in [0.1, 0.15) is 0 Å². The highest BCUT2D eigenvalue weighted by Crippen LogP contribution is 2.30. The van der Waals surface area contributed by atoms with Crippen LogP contribution in [0.3, 0.4) is 0 Å². The number of ketones is 1. The van der Waals surface area contributed by atoms with E-state index in [9.17, 15) is 26.7 Å². The summed E-state index contributed by atoms with van der Waals surface area (Å²) >= 11 is 0. The number of hydrogen-bond donors (Lipinski definition) is 0. The molecule has 0 N–H and O–H groups in total. The normalized spacial score (nSPS) is 11.4. The number of hydrogen-bond acceptors (Lipinski definition) is 1. The molecule has 1 nitrogen and oxygen atoms in total. The molecule has 0 atom stereocenters. The molecule has 104 valence electrons. The number of carbonyl (C=O) groups is 1. The SMILES string of the molecule is O=C(c1cccc(C(F)(F)F)c1)c1ccc(F)c(F)c1. The third kappa shape index (κ3) is 2.84. The lowest BCUT2D eigenvalue weighted by molar-refractivity contribution is -0.137. The van der Waals surface area contributed by atoms with Gasteiger partial charge in [-0.25, -0.2) is 8.78 Å². The maximum absolute atomic E-state index is 13.0. The van der Waals surface area contributed by atoms with E-state index >= 15 is 0 Å². The topological polar surface area (TPSA) is 17.1 Å². The van der Waals surface area contributed by atoms with Crippen LogP contribution in [0.5, 0.6) is 0 Å². The van der Waals surface area contributed by atoms with Gasteiger partial charge < -0.3 is 0 Å². The highest BCUT2D eigenvalue weighted by atomic mass is 19.4. The Morgan fingerprint density at radius 1 is 0.850 bits per heavy atom. The molecule has 0 heterocycles. The van der Waals surface area contributed by atoms with Gasteiger partial charge in [0.25, 0.3) is 0 Å². The van der Waals surface area contributed by atoms with Gasteiger partial charge in [0.05, 0.1) is 5.56 Å². The fourth-order valence-electron chi connectivity index (χ4n) is 1.64. The van der Waals surface area contributed by atoms with Crippen molar-refractivity contribution in [2.24, 2.45) is 0 Å². The third-order valence-corrected chi connectivity index (χ3v) is 2.63. The van der Waals surface area contributed by atoms with Crippen LogP contribution >= 0.6 is 0 Å². The summed E-state index contributed by atoms with van der Waals surface area (Å²) in [6, 6.07) is 6.16. The second kappa shape index (κ2) is 5.03. The first-order valence-corrected chi connectivity index (χ1v) is 5.46. The van der Waals surface area contributed by atoms with Crippen LogP contribution in [0.1, 0.15) is 21.5 Å². The van der Waals surface area contributed by atoms with E-state index < -0.39 is 29.2 Å². The molecule has 2 aromatic rings. The number of halogens is 5. The number of rotatable bonds is 2. The molecule has 0 radical (unpaired) electrons. The quantitative estimate of drug-likeness (QED) is 0.597. The zero-order valence-electron chi connectivity index (χ0n) is 9.84. The summed E-state index contributed by atoms with van der Waals surface area (Å²) in [5, 5.41) is 0. The monoisotopic (exact) mass is 286 g/mol. The summed E-state index contributed by atoms with van der Waals surface area (Å²) in [5.41, 5.74) is -1.44. The lowest BCUT2D eigenvalue weighted by Crippen LogP contribution is -2.08. The Morgan fingerprint density at radius 3 is 2.10 bits per heavy atom. The van der Waals surface area contributed by atoms with Crippen LogP contribution in [0.4, 0.5) is 22.0 Å². The van der Waals surface area contributed by atoms with Crippen molar-refractivity contribution in [1.82, 2.24) is 0 Å². The molecule has 0 fully saturated rings. The van der Waals surface area contributed by atoms with Gasteiger partial charge in [-0.3, -0.25) is 4.79 Å². The van der Waals surface area contributed by atoms with E-state index in [0.29, 0.717) is 12.1 Å². The fraction of sp³-hybridized carbons (Fsp3) is 0.0714. The van der Waals surface area contributed by atoms with Crippen molar-refractivity contribution in [1.29, 1.82) is 0 Å². The molecule has 2 rings (SSSR count). The second-order valence-corrected chi connectivity index (χ2v) is 4.04. The van der Waals surface area contributed by atoms with Gasteiger partial charge in [-0.15, -0.1) is 0 Å². The predicted octanol–water partition coefficient (Wildman–Crippen LogP) is 4.21. The summed E-state index contributed by atoms with van der Waals surface area (Å²) in [7, 11) is 0. The Kier molecular flexibility index (Phi) is 3.57. The lowest BCUT2D eigenvalue weighted by Gasteiger charge is -2.08. The molecule has 0 aromatic heterocycles. The van der Waals surface area contributed by atoms with Crippen molar-refractivity contribution in [2.45, 2.75) is 6.18 Å². The molecule has 0 unspecified atom stereocenters. The van der Waals surface area contributed by atoms with E-state index in [2.05, 4.69) is 0 Å². The minimum atomic E-state index is -4.58. The molecule has 0 bridgehead atoms. The van der Waals surface area contributed by atoms with Crippen molar-refractivity contribution < 1.29 is 26.7 Å². The maximum atomic E-state index is 13.0. The van der Waals surface area contributed by atoms with Crippen molar-refractivity contribution in [2.75, 3.05) is 0 Å². The zero-order valence-corrected chi connectivity index (χ0v) is 9.84. The van der Waals surface area contributed by atoms with E-state index in [1.54, 1.807) is 0 Å². The van der Waals surface area contributed by atoms with Crippen LogP contribution in [-0.2, 0) is 6.18 Å². The molecular formula is C14H7F5O. The average molecular weight is 286 g/mol. The molecule has 0 aliphatic carbocycles. The third-order valence-electron chi connectivity index (χ3n) is 2.63. The second-order valence-electron chi connectivity index (χ2n) is 4.04. The van der Waals surface area contributed by atoms with Gasteiger partial charge in [-0.1, -0.05) is 12.1 Å². The minimum absolute atomic E-state index is 0.219. The summed E-state index contributed by atoms with van der Waals surface area (Å²) in [6.07, 6.45) is -4.58. The molecule has 2 aromatic carbocycles. The van der Waals surface area contributed by atoms with Crippen LogP contribution in [0.25, 0.3) is 0 Å². The summed E-state index contributed by atoms with van der Waals surface area (Å²) in [6.45, 7) is 0. The Hall–Kier alpha value is -2.24. The Morgan fingerprint density at radius 2 is 1.50 bits per heavy atom. The molecule has 6 heteroatoms. The Bertz CT molecular complexity index is 661. The van der Waals surface area contributed by atoms with Crippen LogP contribution in [0, 0.1) is 11.6 Å². The summed E-state index contributed by atoms with van der Waals surface area (Å²) < 4.78 is 63.4. The van der Waals surface area contributed by atoms with Crippen molar-refractivity contribution in [3.63, 3.8) is 0 Å². The summed E-state index contributed by atoms with van der Waals surface area (Å²) in [5.74, 6) is -3.18. The van der Waals surface area contributed by atoms with Gasteiger partial charge in [0.2, 0.25) is 0 Å². The highest BCUT2D eigenvalue weighted by Gasteiger charge is 2.31. The van der Waals surface area contributed by atoms with Crippen molar-refractivity contribution in [3.05, 3.63) is 70.8 Å². The first-order chi connectivity index (χ1) is 9.29. The first-order valence-electron chi connectivity index (χ1n) is 5.46. The number of carbonyl (C=O) groups excluding carboxylic acids is 1. The molecule has 0 spiro atoms. The van der Waals surface area contributed by atoms with E-state index in [4.69, 9.17) is 0 Å². The maximum Gasteiger partial charge on any atom is 0.416 e.